The van der Waals surface area contributed by atoms with Crippen LogP contribution in [0.1, 0.15) is 38.2 Å². The fourth-order valence-corrected chi connectivity index (χ4v) is 3.71. The van der Waals surface area contributed by atoms with Crippen molar-refractivity contribution in [2.75, 3.05) is 6.61 Å². The molecule has 0 spiro atoms. The molecule has 0 aromatic heterocycles. The van der Waals surface area contributed by atoms with Crippen LogP contribution in [0.15, 0.2) is 23.1 Å². The SMILES string of the molecule is CCOc1ccc(S(=O)(=O)NC2CCCC2)cc1C#N. The van der Waals surface area contributed by atoms with Crippen LogP contribution in [0.3, 0.4) is 0 Å². The zero-order valence-electron chi connectivity index (χ0n) is 11.4. The molecule has 1 aromatic carbocycles. The van der Waals surface area contributed by atoms with Crippen LogP contribution in [0.25, 0.3) is 0 Å². The number of rotatable bonds is 5. The number of nitrogens with zero attached hydrogens (tertiary/aromatic N) is 1. The highest BCUT2D eigenvalue weighted by atomic mass is 32.2. The molecule has 5 nitrogen and oxygen atoms in total. The van der Waals surface area contributed by atoms with Gasteiger partial charge < -0.3 is 4.74 Å². The van der Waals surface area contributed by atoms with Crippen LogP contribution in [0.5, 0.6) is 5.75 Å². The van der Waals surface area contributed by atoms with Gasteiger partial charge in [0.25, 0.3) is 0 Å². The number of nitrogens with one attached hydrogen (secondary N) is 1. The average molecular weight is 294 g/mol. The molecule has 0 saturated heterocycles. The minimum atomic E-state index is -3.56. The summed E-state index contributed by atoms with van der Waals surface area (Å²) in [5.74, 6) is 0.412. The van der Waals surface area contributed by atoms with E-state index in [1.807, 2.05) is 13.0 Å². The Morgan fingerprint density at radius 3 is 2.70 bits per heavy atom. The zero-order chi connectivity index (χ0) is 14.6. The standard InChI is InChI=1S/C14H18N2O3S/c1-2-19-14-8-7-13(9-11(14)10-15)20(17,18)16-12-5-3-4-6-12/h7-9,12,16H,2-6H2,1H3. The number of hydrogen-bond acceptors (Lipinski definition) is 4. The van der Waals surface area contributed by atoms with Gasteiger partial charge in [-0.05, 0) is 38.0 Å². The summed E-state index contributed by atoms with van der Waals surface area (Å²) in [4.78, 5) is 0.115. The van der Waals surface area contributed by atoms with Crippen LogP contribution in [0.4, 0.5) is 0 Å². The summed E-state index contributed by atoms with van der Waals surface area (Å²) in [6, 6.07) is 6.35. The van der Waals surface area contributed by atoms with E-state index >= 15 is 0 Å². The second-order valence-electron chi connectivity index (χ2n) is 4.81. The Bertz CT molecular complexity index is 614. The fourth-order valence-electron chi connectivity index (χ4n) is 2.38. The summed E-state index contributed by atoms with van der Waals surface area (Å²) in [5, 5.41) is 9.07. The van der Waals surface area contributed by atoms with E-state index < -0.39 is 10.0 Å². The molecule has 0 aliphatic heterocycles. The third-order valence-corrected chi connectivity index (χ3v) is 4.88. The lowest BCUT2D eigenvalue weighted by atomic mass is 10.2. The number of sulfonamides is 1. The summed E-state index contributed by atoms with van der Waals surface area (Å²) >= 11 is 0. The van der Waals surface area contributed by atoms with Crippen molar-refractivity contribution in [3.63, 3.8) is 0 Å². The second kappa shape index (κ2) is 6.25. The molecule has 6 heteroatoms. The number of hydrogen-bond donors (Lipinski definition) is 1. The predicted molar refractivity (Wildman–Crippen MR) is 74.9 cm³/mol. The van der Waals surface area contributed by atoms with Gasteiger partial charge in [-0.2, -0.15) is 5.26 Å². The van der Waals surface area contributed by atoms with Crippen LogP contribution in [-0.4, -0.2) is 21.1 Å². The first-order valence-corrected chi connectivity index (χ1v) is 8.24. The summed E-state index contributed by atoms with van der Waals surface area (Å²) in [6.45, 7) is 2.24. The molecule has 1 fully saturated rings. The van der Waals surface area contributed by atoms with Gasteiger partial charge in [0.15, 0.2) is 0 Å². The summed E-state index contributed by atoms with van der Waals surface area (Å²) < 4.78 is 32.5. The Morgan fingerprint density at radius 2 is 2.10 bits per heavy atom. The van der Waals surface area contributed by atoms with Gasteiger partial charge in [0, 0.05) is 6.04 Å². The van der Waals surface area contributed by atoms with E-state index in [-0.39, 0.29) is 16.5 Å². The van der Waals surface area contributed by atoms with Gasteiger partial charge in [0.2, 0.25) is 10.0 Å². The van der Waals surface area contributed by atoms with Crippen LogP contribution in [-0.2, 0) is 10.0 Å². The molecular weight excluding hydrogens is 276 g/mol. The number of ether oxygens (including phenoxy) is 1. The topological polar surface area (TPSA) is 79.2 Å². The molecule has 1 aromatic rings. The van der Waals surface area contributed by atoms with E-state index in [4.69, 9.17) is 10.00 Å². The molecule has 1 saturated carbocycles. The smallest absolute Gasteiger partial charge is 0.240 e. The lowest BCUT2D eigenvalue weighted by Crippen LogP contribution is -2.32. The quantitative estimate of drug-likeness (QED) is 0.902. The maximum Gasteiger partial charge on any atom is 0.240 e. The van der Waals surface area contributed by atoms with Crippen molar-refractivity contribution in [2.24, 2.45) is 0 Å². The van der Waals surface area contributed by atoms with Crippen molar-refractivity contribution in [3.8, 4) is 11.8 Å². The molecule has 0 unspecified atom stereocenters. The van der Waals surface area contributed by atoms with Gasteiger partial charge in [-0.15, -0.1) is 0 Å². The molecule has 0 radical (unpaired) electrons. The van der Waals surface area contributed by atoms with E-state index in [1.165, 1.54) is 18.2 Å². The Hall–Kier alpha value is -1.58. The fraction of sp³-hybridized carbons (Fsp3) is 0.500. The van der Waals surface area contributed by atoms with Crippen molar-refractivity contribution < 1.29 is 13.2 Å². The molecule has 1 aliphatic carbocycles. The van der Waals surface area contributed by atoms with E-state index in [9.17, 15) is 8.42 Å². The number of benzene rings is 1. The molecule has 0 bridgehead atoms. The average Bonchev–Trinajstić information content (AvgIpc) is 2.91. The van der Waals surface area contributed by atoms with E-state index in [0.717, 1.165) is 25.7 Å². The Kier molecular flexibility index (Phi) is 4.63. The maximum atomic E-state index is 12.3. The molecule has 0 heterocycles. The van der Waals surface area contributed by atoms with Gasteiger partial charge in [0.05, 0.1) is 17.1 Å². The van der Waals surface area contributed by atoms with Crippen LogP contribution < -0.4 is 9.46 Å². The Morgan fingerprint density at radius 1 is 1.40 bits per heavy atom. The van der Waals surface area contributed by atoms with E-state index in [2.05, 4.69) is 4.72 Å². The Balaban J connectivity index is 2.25. The van der Waals surface area contributed by atoms with Crippen molar-refractivity contribution in [2.45, 2.75) is 43.5 Å². The Labute approximate surface area is 119 Å². The van der Waals surface area contributed by atoms with Crippen molar-refractivity contribution in [1.82, 2.24) is 4.72 Å². The maximum absolute atomic E-state index is 12.3. The van der Waals surface area contributed by atoms with E-state index in [0.29, 0.717) is 12.4 Å². The second-order valence-corrected chi connectivity index (χ2v) is 6.52. The first kappa shape index (κ1) is 14.8. The lowest BCUT2D eigenvalue weighted by molar-refractivity contribution is 0.339. The molecule has 1 N–H and O–H groups in total. The normalized spacial score (nSPS) is 16.0. The molecule has 2 rings (SSSR count). The summed E-state index contributed by atoms with van der Waals surface area (Å²) in [7, 11) is -3.56. The predicted octanol–water partition coefficient (Wildman–Crippen LogP) is 2.18. The molecule has 0 amide bonds. The molecule has 20 heavy (non-hydrogen) atoms. The zero-order valence-corrected chi connectivity index (χ0v) is 12.2. The molecular formula is C14H18N2O3S. The molecule has 1 aliphatic rings. The van der Waals surface area contributed by atoms with Gasteiger partial charge in [-0.25, -0.2) is 13.1 Å². The minimum absolute atomic E-state index is 0.0112. The van der Waals surface area contributed by atoms with Crippen molar-refractivity contribution in [3.05, 3.63) is 23.8 Å². The molecule has 108 valence electrons. The third kappa shape index (κ3) is 3.30. The summed E-state index contributed by atoms with van der Waals surface area (Å²) in [5.41, 5.74) is 0.237. The van der Waals surface area contributed by atoms with Crippen molar-refractivity contribution >= 4 is 10.0 Å². The van der Waals surface area contributed by atoms with Crippen molar-refractivity contribution in [1.29, 1.82) is 5.26 Å². The van der Waals surface area contributed by atoms with E-state index in [1.54, 1.807) is 0 Å². The number of nitriles is 1. The highest BCUT2D eigenvalue weighted by molar-refractivity contribution is 7.89. The van der Waals surface area contributed by atoms with Crippen LogP contribution in [0, 0.1) is 11.3 Å². The van der Waals surface area contributed by atoms with Gasteiger partial charge in [-0.3, -0.25) is 0 Å². The molecule has 0 atom stereocenters. The van der Waals surface area contributed by atoms with Crippen LogP contribution in [0.2, 0.25) is 0 Å². The lowest BCUT2D eigenvalue weighted by Gasteiger charge is -2.13. The largest absolute Gasteiger partial charge is 0.492 e. The minimum Gasteiger partial charge on any atom is -0.492 e. The van der Waals surface area contributed by atoms with Crippen LogP contribution >= 0.6 is 0 Å². The highest BCUT2D eigenvalue weighted by Gasteiger charge is 2.23. The third-order valence-electron chi connectivity index (χ3n) is 3.36. The summed E-state index contributed by atoms with van der Waals surface area (Å²) in [6.07, 6.45) is 3.86. The highest BCUT2D eigenvalue weighted by Crippen LogP contribution is 2.24. The van der Waals surface area contributed by atoms with Gasteiger partial charge in [-0.1, -0.05) is 12.8 Å². The van der Waals surface area contributed by atoms with Gasteiger partial charge in [0.1, 0.15) is 11.8 Å². The monoisotopic (exact) mass is 294 g/mol. The first-order valence-electron chi connectivity index (χ1n) is 6.76. The van der Waals surface area contributed by atoms with Gasteiger partial charge >= 0.3 is 0 Å². The first-order chi connectivity index (χ1) is 9.56.